The highest BCUT2D eigenvalue weighted by Gasteiger charge is 2.35. The number of carbonyl (C=O) groups excluding carboxylic acids is 1. The molecule has 3 aromatic heterocycles. The number of aromatic nitrogens is 5. The molecule has 0 spiro atoms. The minimum Gasteiger partial charge on any atom is -0.372 e. The number of benzene rings is 1. The number of nitrogens with one attached hydrogen (secondary N) is 1. The first-order valence-electron chi connectivity index (χ1n) is 12.4. The quantitative estimate of drug-likeness (QED) is 0.404. The van der Waals surface area contributed by atoms with Gasteiger partial charge < -0.3 is 15.0 Å². The summed E-state index contributed by atoms with van der Waals surface area (Å²) in [6.45, 7) is 5.39. The van der Waals surface area contributed by atoms with Gasteiger partial charge in [0.2, 0.25) is 11.9 Å². The first-order chi connectivity index (χ1) is 17.4. The Morgan fingerprint density at radius 2 is 1.97 bits per heavy atom. The highest BCUT2D eigenvalue weighted by molar-refractivity contribution is 9.10. The second kappa shape index (κ2) is 9.40. The van der Waals surface area contributed by atoms with Crippen molar-refractivity contribution in [3.8, 4) is 5.69 Å². The van der Waals surface area contributed by atoms with Crippen LogP contribution in [-0.4, -0.2) is 66.9 Å². The van der Waals surface area contributed by atoms with Gasteiger partial charge in [-0.2, -0.15) is 10.1 Å². The molecule has 1 aliphatic heterocycles. The number of ether oxygens (including phenoxy) is 1. The van der Waals surface area contributed by atoms with Crippen molar-refractivity contribution in [3.63, 3.8) is 0 Å². The molecule has 4 atom stereocenters. The summed E-state index contributed by atoms with van der Waals surface area (Å²) in [6, 6.07) is 10.1. The van der Waals surface area contributed by atoms with E-state index >= 15 is 0 Å². The number of nitrogens with zero attached hydrogens (tertiary/aromatic N) is 6. The van der Waals surface area contributed by atoms with Crippen LogP contribution in [0.2, 0.25) is 0 Å². The Balaban J connectivity index is 1.21. The van der Waals surface area contributed by atoms with E-state index < -0.39 is 0 Å². The van der Waals surface area contributed by atoms with E-state index in [0.717, 1.165) is 41.2 Å². The zero-order valence-corrected chi connectivity index (χ0v) is 21.9. The number of carbonyl (C=O) groups is 1. The Hall–Kier alpha value is -3.11. The molecule has 1 saturated heterocycles. The van der Waals surface area contributed by atoms with Crippen LogP contribution >= 0.6 is 15.9 Å². The molecule has 1 amide bonds. The predicted molar refractivity (Wildman–Crippen MR) is 141 cm³/mol. The highest BCUT2D eigenvalue weighted by atomic mass is 79.9. The number of rotatable bonds is 4. The Labute approximate surface area is 217 Å². The van der Waals surface area contributed by atoms with Crippen LogP contribution in [0.4, 0.5) is 5.95 Å². The second-order valence-electron chi connectivity index (χ2n) is 9.87. The average molecular weight is 550 g/mol. The molecule has 0 bridgehead atoms. The standard InChI is InChI=1S/C26H28BrN7O2/c1-15-13-33(14-16(2)36-15)25(35)18-5-6-19(10-18)30-26-29-12-21-23(27)32-34(24(21)31-26)20-7-8-22-17(11-20)4-3-9-28-22/h3-4,7-9,11-12,15-16,18-19H,5-6,10,13-14H2,1-2H3,(H,29,30,31)/t15-,16-,18+,19+/m0/s1. The van der Waals surface area contributed by atoms with Gasteiger partial charge in [0.1, 0.15) is 4.60 Å². The molecule has 2 fully saturated rings. The van der Waals surface area contributed by atoms with E-state index in [9.17, 15) is 4.79 Å². The lowest BCUT2D eigenvalue weighted by atomic mass is 10.0. The summed E-state index contributed by atoms with van der Waals surface area (Å²) in [4.78, 5) is 28.9. The van der Waals surface area contributed by atoms with Gasteiger partial charge >= 0.3 is 0 Å². The van der Waals surface area contributed by atoms with Crippen molar-refractivity contribution in [2.24, 2.45) is 5.92 Å². The van der Waals surface area contributed by atoms with Crippen molar-refractivity contribution in [1.82, 2.24) is 29.6 Å². The van der Waals surface area contributed by atoms with E-state index in [2.05, 4.69) is 42.4 Å². The van der Waals surface area contributed by atoms with Crippen molar-refractivity contribution in [2.75, 3.05) is 18.4 Å². The summed E-state index contributed by atoms with van der Waals surface area (Å²) >= 11 is 3.55. The molecule has 9 nitrogen and oxygen atoms in total. The van der Waals surface area contributed by atoms with E-state index in [-0.39, 0.29) is 30.1 Å². The molecular weight excluding hydrogens is 522 g/mol. The maximum Gasteiger partial charge on any atom is 0.225 e. The van der Waals surface area contributed by atoms with Gasteiger partial charge in [-0.25, -0.2) is 9.67 Å². The largest absolute Gasteiger partial charge is 0.372 e. The van der Waals surface area contributed by atoms with E-state index in [1.54, 1.807) is 12.4 Å². The van der Waals surface area contributed by atoms with Crippen LogP contribution in [-0.2, 0) is 9.53 Å². The third-order valence-electron chi connectivity index (χ3n) is 7.06. The number of fused-ring (bicyclic) bond motifs is 2. The van der Waals surface area contributed by atoms with Crippen LogP contribution < -0.4 is 5.32 Å². The summed E-state index contributed by atoms with van der Waals surface area (Å²) in [7, 11) is 0. The number of amides is 1. The Morgan fingerprint density at radius 1 is 1.14 bits per heavy atom. The second-order valence-corrected chi connectivity index (χ2v) is 10.6. The number of halogens is 1. The fraction of sp³-hybridized carbons (Fsp3) is 0.423. The van der Waals surface area contributed by atoms with Crippen LogP contribution in [0.15, 0.2) is 47.3 Å². The smallest absolute Gasteiger partial charge is 0.225 e. The molecule has 4 aromatic rings. The van der Waals surface area contributed by atoms with E-state index in [4.69, 9.17) is 9.72 Å². The molecule has 1 saturated carbocycles. The molecule has 0 radical (unpaired) electrons. The molecule has 10 heteroatoms. The molecule has 186 valence electrons. The van der Waals surface area contributed by atoms with Crippen molar-refractivity contribution >= 4 is 49.7 Å². The first kappa shape index (κ1) is 23.3. The topological polar surface area (TPSA) is 98.1 Å². The molecule has 6 rings (SSSR count). The molecule has 1 aromatic carbocycles. The molecule has 36 heavy (non-hydrogen) atoms. The summed E-state index contributed by atoms with van der Waals surface area (Å²) in [5.41, 5.74) is 2.54. The lowest BCUT2D eigenvalue weighted by Gasteiger charge is -2.36. The van der Waals surface area contributed by atoms with Crippen molar-refractivity contribution in [1.29, 1.82) is 0 Å². The lowest BCUT2D eigenvalue weighted by Crippen LogP contribution is -2.49. The third-order valence-corrected chi connectivity index (χ3v) is 7.64. The predicted octanol–water partition coefficient (Wildman–Crippen LogP) is 4.34. The van der Waals surface area contributed by atoms with Crippen LogP contribution in [0.25, 0.3) is 27.6 Å². The first-order valence-corrected chi connectivity index (χ1v) is 13.2. The summed E-state index contributed by atoms with van der Waals surface area (Å²) in [5, 5.41) is 10.0. The average Bonchev–Trinajstić information content (AvgIpc) is 3.47. The van der Waals surface area contributed by atoms with Gasteiger partial charge in [-0.05, 0) is 73.3 Å². The number of anilines is 1. The van der Waals surface area contributed by atoms with Gasteiger partial charge in [0.25, 0.3) is 0 Å². The van der Waals surface area contributed by atoms with Gasteiger partial charge in [0.05, 0.1) is 28.8 Å². The lowest BCUT2D eigenvalue weighted by molar-refractivity contribution is -0.147. The monoisotopic (exact) mass is 549 g/mol. The zero-order chi connectivity index (χ0) is 24.8. The van der Waals surface area contributed by atoms with Gasteiger partial charge in [-0.3, -0.25) is 9.78 Å². The van der Waals surface area contributed by atoms with E-state index in [1.165, 1.54) is 0 Å². The Morgan fingerprint density at radius 3 is 2.81 bits per heavy atom. The summed E-state index contributed by atoms with van der Waals surface area (Å²) in [5.74, 6) is 0.811. The van der Waals surface area contributed by atoms with Gasteiger partial charge in [-0.1, -0.05) is 6.07 Å². The molecule has 1 N–H and O–H groups in total. The van der Waals surface area contributed by atoms with Crippen LogP contribution in [0.5, 0.6) is 0 Å². The maximum absolute atomic E-state index is 13.2. The fourth-order valence-electron chi connectivity index (χ4n) is 5.45. The number of morpholine rings is 1. The van der Waals surface area contributed by atoms with Crippen molar-refractivity contribution < 1.29 is 9.53 Å². The number of pyridine rings is 1. The minimum atomic E-state index is 0.0228. The Kier molecular flexibility index (Phi) is 6.08. The number of hydrogen-bond acceptors (Lipinski definition) is 7. The van der Waals surface area contributed by atoms with Crippen LogP contribution in [0.3, 0.4) is 0 Å². The fourth-order valence-corrected chi connectivity index (χ4v) is 5.89. The van der Waals surface area contributed by atoms with Gasteiger partial charge in [0.15, 0.2) is 5.65 Å². The Bertz CT molecular complexity index is 1430. The van der Waals surface area contributed by atoms with Crippen molar-refractivity contribution in [3.05, 3.63) is 47.3 Å². The molecule has 2 aliphatic rings. The molecule has 1 aliphatic carbocycles. The SMILES string of the molecule is C[C@H]1CN(C(=O)[C@@H]2CC[C@@H](Nc3ncc4c(Br)nn(-c5ccc6ncccc6c5)c4n3)C2)C[C@H](C)O1. The third kappa shape index (κ3) is 4.43. The van der Waals surface area contributed by atoms with Gasteiger partial charge in [0, 0.05) is 42.8 Å². The highest BCUT2D eigenvalue weighted by Crippen LogP contribution is 2.31. The normalized spacial score (nSPS) is 24.5. The van der Waals surface area contributed by atoms with E-state index in [1.807, 2.05) is 47.7 Å². The minimum absolute atomic E-state index is 0.0228. The van der Waals surface area contributed by atoms with Crippen LogP contribution in [0.1, 0.15) is 33.1 Å². The molecular formula is C26H28BrN7O2. The summed E-state index contributed by atoms with van der Waals surface area (Å²) < 4.78 is 8.30. The maximum atomic E-state index is 13.2. The number of hydrogen-bond donors (Lipinski definition) is 1. The van der Waals surface area contributed by atoms with Gasteiger partial charge in [-0.15, -0.1) is 0 Å². The van der Waals surface area contributed by atoms with Crippen LogP contribution in [0, 0.1) is 5.92 Å². The zero-order valence-electron chi connectivity index (χ0n) is 20.3. The molecule has 0 unspecified atom stereocenters. The van der Waals surface area contributed by atoms with Crippen molar-refractivity contribution in [2.45, 2.75) is 51.4 Å². The van der Waals surface area contributed by atoms with E-state index in [0.29, 0.717) is 29.3 Å². The molecule has 4 heterocycles. The summed E-state index contributed by atoms with van der Waals surface area (Å²) in [6.07, 6.45) is 6.29.